The highest BCUT2D eigenvalue weighted by Crippen LogP contribution is 2.48. The highest BCUT2D eigenvalue weighted by molar-refractivity contribution is 8.00. The summed E-state index contributed by atoms with van der Waals surface area (Å²) in [6, 6.07) is 0.0441. The van der Waals surface area contributed by atoms with Crippen LogP contribution in [0.4, 0.5) is 0 Å². The van der Waals surface area contributed by atoms with Gasteiger partial charge >= 0.3 is 0 Å². The minimum Gasteiger partial charge on any atom is -0.325 e. The maximum atomic E-state index is 12.3. The Morgan fingerprint density at radius 3 is 2.65 bits per heavy atom. The van der Waals surface area contributed by atoms with Crippen LogP contribution in [0.2, 0.25) is 0 Å². The third-order valence-electron chi connectivity index (χ3n) is 3.90. The minimum absolute atomic E-state index is 0.0441. The van der Waals surface area contributed by atoms with Gasteiger partial charge in [-0.05, 0) is 38.4 Å². The highest BCUT2D eigenvalue weighted by Gasteiger charge is 2.47. The average Bonchev–Trinajstić information content (AvgIpc) is 2.99. The van der Waals surface area contributed by atoms with Crippen LogP contribution < -0.4 is 5.32 Å². The molecule has 1 aliphatic heterocycles. The molecule has 1 saturated heterocycles. The minimum atomic E-state index is 0.0441. The molecule has 2 unspecified atom stereocenters. The van der Waals surface area contributed by atoms with Crippen molar-refractivity contribution in [1.29, 1.82) is 0 Å². The second kappa shape index (κ2) is 4.81. The summed E-state index contributed by atoms with van der Waals surface area (Å²) in [5, 5.41) is 3.43. The smallest absolute Gasteiger partial charge is 0.241 e. The summed E-state index contributed by atoms with van der Waals surface area (Å²) in [7, 11) is 0. The predicted molar refractivity (Wildman–Crippen MR) is 73.0 cm³/mol. The second-order valence-corrected chi connectivity index (χ2v) is 7.15. The van der Waals surface area contributed by atoms with Gasteiger partial charge in [-0.1, -0.05) is 13.8 Å². The zero-order valence-corrected chi connectivity index (χ0v) is 12.1. The van der Waals surface area contributed by atoms with Crippen LogP contribution in [0.25, 0.3) is 0 Å². The first-order valence-corrected chi connectivity index (χ1v) is 7.81. The molecule has 0 aromatic carbocycles. The maximum Gasteiger partial charge on any atom is 0.241 e. The Kier molecular flexibility index (Phi) is 3.74. The van der Waals surface area contributed by atoms with Gasteiger partial charge in [-0.15, -0.1) is 0 Å². The third kappa shape index (κ3) is 2.79. The Bertz CT molecular complexity index is 302. The first kappa shape index (κ1) is 13.2. The van der Waals surface area contributed by atoms with E-state index >= 15 is 0 Å². The van der Waals surface area contributed by atoms with Crippen LogP contribution in [0.5, 0.6) is 0 Å². The molecule has 17 heavy (non-hydrogen) atoms. The number of rotatable bonds is 5. The lowest BCUT2D eigenvalue weighted by molar-refractivity contribution is -0.130. The molecule has 0 bridgehead atoms. The van der Waals surface area contributed by atoms with E-state index in [2.05, 4.69) is 37.2 Å². The summed E-state index contributed by atoms with van der Waals surface area (Å²) in [5.41, 5.74) is 0. The van der Waals surface area contributed by atoms with Crippen molar-refractivity contribution >= 4 is 17.7 Å². The van der Waals surface area contributed by atoms with Crippen molar-refractivity contribution in [2.24, 2.45) is 5.92 Å². The van der Waals surface area contributed by atoms with E-state index in [0.29, 0.717) is 16.6 Å². The van der Waals surface area contributed by atoms with Crippen molar-refractivity contribution < 1.29 is 4.79 Å². The number of hydrogen-bond donors (Lipinski definition) is 1. The van der Waals surface area contributed by atoms with Crippen molar-refractivity contribution in [2.75, 3.05) is 12.8 Å². The number of carbonyl (C=O) groups is 1. The van der Waals surface area contributed by atoms with E-state index in [1.54, 1.807) is 0 Å². The number of nitrogens with zero attached hydrogens (tertiary/aromatic N) is 1. The van der Waals surface area contributed by atoms with Gasteiger partial charge in [0.2, 0.25) is 5.91 Å². The monoisotopic (exact) mass is 256 g/mol. The summed E-state index contributed by atoms with van der Waals surface area (Å²) < 4.78 is 0.373. The van der Waals surface area contributed by atoms with Crippen LogP contribution in [0.3, 0.4) is 0 Å². The van der Waals surface area contributed by atoms with Crippen LogP contribution in [0, 0.1) is 5.92 Å². The largest absolute Gasteiger partial charge is 0.325 e. The number of hydrogen-bond acceptors (Lipinski definition) is 3. The molecule has 2 rings (SSSR count). The standard InChI is InChI=1S/C13H24N2OS/c1-9(2)7-11-12(16)15(10(3)14-11)8-13(17-4)5-6-13/h9-11,14H,5-8H2,1-4H3. The summed E-state index contributed by atoms with van der Waals surface area (Å²) in [6.07, 6.45) is 5.85. The Hall–Kier alpha value is -0.220. The van der Waals surface area contributed by atoms with Gasteiger partial charge in [-0.25, -0.2) is 0 Å². The molecule has 1 heterocycles. The number of amides is 1. The van der Waals surface area contributed by atoms with Gasteiger partial charge in [0.1, 0.15) is 0 Å². The molecule has 4 heteroatoms. The molecule has 2 fully saturated rings. The van der Waals surface area contributed by atoms with Gasteiger partial charge in [0, 0.05) is 11.3 Å². The van der Waals surface area contributed by atoms with Crippen molar-refractivity contribution in [1.82, 2.24) is 10.2 Å². The quantitative estimate of drug-likeness (QED) is 0.817. The molecule has 2 aliphatic rings. The van der Waals surface area contributed by atoms with Gasteiger partial charge in [0.25, 0.3) is 0 Å². The Balaban J connectivity index is 1.96. The molecule has 1 aliphatic carbocycles. The maximum absolute atomic E-state index is 12.3. The normalized spacial score (nSPS) is 31.4. The molecule has 3 nitrogen and oxygen atoms in total. The average molecular weight is 256 g/mol. The molecular weight excluding hydrogens is 232 g/mol. The van der Waals surface area contributed by atoms with Crippen LogP contribution in [-0.4, -0.2) is 40.6 Å². The third-order valence-corrected chi connectivity index (χ3v) is 5.30. The van der Waals surface area contributed by atoms with Crippen LogP contribution >= 0.6 is 11.8 Å². The molecule has 0 aromatic rings. The molecule has 0 radical (unpaired) electrons. The van der Waals surface area contributed by atoms with Gasteiger partial charge in [0.15, 0.2) is 0 Å². The van der Waals surface area contributed by atoms with Crippen molar-refractivity contribution in [3.8, 4) is 0 Å². The second-order valence-electron chi connectivity index (χ2n) is 5.88. The van der Waals surface area contributed by atoms with Gasteiger partial charge in [-0.2, -0.15) is 11.8 Å². The van der Waals surface area contributed by atoms with Crippen molar-refractivity contribution in [3.05, 3.63) is 0 Å². The first-order chi connectivity index (χ1) is 7.97. The van der Waals surface area contributed by atoms with Crippen molar-refractivity contribution in [3.63, 3.8) is 0 Å². The number of carbonyl (C=O) groups excluding carboxylic acids is 1. The summed E-state index contributed by atoms with van der Waals surface area (Å²) in [5.74, 6) is 0.880. The van der Waals surface area contributed by atoms with E-state index in [1.165, 1.54) is 12.8 Å². The lowest BCUT2D eigenvalue weighted by Gasteiger charge is -2.25. The van der Waals surface area contributed by atoms with E-state index in [1.807, 2.05) is 11.8 Å². The molecule has 1 amide bonds. The molecule has 2 atom stereocenters. The Labute approximate surface area is 109 Å². The fourth-order valence-corrected chi connectivity index (χ4v) is 3.35. The molecule has 98 valence electrons. The topological polar surface area (TPSA) is 32.3 Å². The predicted octanol–water partition coefficient (Wildman–Crippen LogP) is 2.07. The van der Waals surface area contributed by atoms with Crippen molar-refractivity contribution in [2.45, 2.75) is 57.0 Å². The van der Waals surface area contributed by atoms with Gasteiger partial charge in [-0.3, -0.25) is 10.1 Å². The fourth-order valence-electron chi connectivity index (χ4n) is 2.58. The summed E-state index contributed by atoms with van der Waals surface area (Å²) in [6.45, 7) is 7.38. The highest BCUT2D eigenvalue weighted by atomic mass is 32.2. The van der Waals surface area contributed by atoms with Crippen LogP contribution in [0.15, 0.2) is 0 Å². The van der Waals surface area contributed by atoms with E-state index in [0.717, 1.165) is 13.0 Å². The van der Waals surface area contributed by atoms with E-state index in [9.17, 15) is 4.79 Å². The van der Waals surface area contributed by atoms with E-state index in [-0.39, 0.29) is 12.2 Å². The SMILES string of the molecule is CSC1(CN2C(=O)C(CC(C)C)NC2C)CC1. The summed E-state index contributed by atoms with van der Waals surface area (Å²) in [4.78, 5) is 14.4. The van der Waals surface area contributed by atoms with E-state index in [4.69, 9.17) is 0 Å². The molecule has 1 N–H and O–H groups in total. The van der Waals surface area contributed by atoms with Gasteiger partial charge < -0.3 is 4.90 Å². The molecule has 0 aromatic heterocycles. The number of thioether (sulfide) groups is 1. The first-order valence-electron chi connectivity index (χ1n) is 6.59. The molecule has 0 spiro atoms. The Morgan fingerprint density at radius 1 is 1.53 bits per heavy atom. The lowest BCUT2D eigenvalue weighted by atomic mass is 10.0. The fraction of sp³-hybridized carbons (Fsp3) is 0.923. The van der Waals surface area contributed by atoms with Gasteiger partial charge in [0.05, 0.1) is 12.2 Å². The lowest BCUT2D eigenvalue weighted by Crippen LogP contribution is -2.40. The van der Waals surface area contributed by atoms with Crippen LogP contribution in [0.1, 0.15) is 40.0 Å². The summed E-state index contributed by atoms with van der Waals surface area (Å²) >= 11 is 1.92. The Morgan fingerprint density at radius 2 is 2.18 bits per heavy atom. The van der Waals surface area contributed by atoms with E-state index < -0.39 is 0 Å². The number of nitrogens with one attached hydrogen (secondary N) is 1. The molecule has 1 saturated carbocycles. The zero-order chi connectivity index (χ0) is 12.6. The molecular formula is C13H24N2OS. The van der Waals surface area contributed by atoms with Crippen LogP contribution in [-0.2, 0) is 4.79 Å². The zero-order valence-electron chi connectivity index (χ0n) is 11.3.